The van der Waals surface area contributed by atoms with Crippen LogP contribution in [0.1, 0.15) is 90.2 Å². The van der Waals surface area contributed by atoms with E-state index in [0.717, 1.165) is 29.7 Å². The van der Waals surface area contributed by atoms with Gasteiger partial charge in [0.25, 0.3) is 0 Å². The fourth-order valence-electron chi connectivity index (χ4n) is 4.12. The number of fused-ring (bicyclic) bond motifs is 3. The Kier molecular flexibility index (Phi) is 8.92. The fourth-order valence-corrected chi connectivity index (χ4v) is 5.14. The molecule has 3 rings (SSSR count). The van der Waals surface area contributed by atoms with Gasteiger partial charge in [-0.25, -0.2) is 0 Å². The first-order chi connectivity index (χ1) is 14.9. The van der Waals surface area contributed by atoms with Gasteiger partial charge in [0.15, 0.2) is 0 Å². The van der Waals surface area contributed by atoms with E-state index in [9.17, 15) is 9.59 Å². The van der Waals surface area contributed by atoms with Gasteiger partial charge in [-0.3, -0.25) is 9.59 Å². The summed E-state index contributed by atoms with van der Waals surface area (Å²) in [6.07, 6.45) is 7.61. The molecule has 2 aliphatic rings. The molecule has 0 amide bonds. The maximum Gasteiger partial charge on any atom is 0.314 e. The summed E-state index contributed by atoms with van der Waals surface area (Å²) in [5.41, 5.74) is 2.10. The van der Waals surface area contributed by atoms with E-state index in [1.165, 1.54) is 12.8 Å². The Bertz CT molecular complexity index is 835. The van der Waals surface area contributed by atoms with Gasteiger partial charge in [-0.15, -0.1) is 6.58 Å². The number of aryl methyl sites for hydroxylation is 1. The van der Waals surface area contributed by atoms with Crippen LogP contribution in [0.25, 0.3) is 0 Å². The highest BCUT2D eigenvalue weighted by Crippen LogP contribution is 2.50. The summed E-state index contributed by atoms with van der Waals surface area (Å²) >= 11 is 0. The molecule has 1 aromatic rings. The van der Waals surface area contributed by atoms with Crippen LogP contribution < -0.4 is 9.16 Å². The monoisotopic (exact) mass is 458 g/mol. The summed E-state index contributed by atoms with van der Waals surface area (Å²) in [5, 5.41) is 0.0607. The molecule has 1 aromatic carbocycles. The second-order valence-corrected chi connectivity index (χ2v) is 15.4. The smallest absolute Gasteiger partial charge is 0.314 e. The largest absolute Gasteiger partial charge is 0.543 e. The van der Waals surface area contributed by atoms with Gasteiger partial charge < -0.3 is 9.16 Å². The second-order valence-electron chi connectivity index (χ2n) is 10.6. The van der Waals surface area contributed by atoms with Crippen molar-refractivity contribution in [2.24, 2.45) is 5.92 Å². The number of esters is 1. The minimum absolute atomic E-state index is 0.0607. The Hall–Kier alpha value is -1.88. The number of rotatable bonds is 6. The standard InChI is InChI=1S/C24H36O4Si.C3H6/c1-7-8-9-10-16-13-20-22(21(14-16)28-29(5,6)24(2,3)4)19-15-17(25)11-12-18(19)23(26)27-20;1-3-2/h13-14,18-19H,7-12,15H2,1-6H3;3H,1H2,2H3/t18-,19+;/m1./s1. The maximum absolute atomic E-state index is 12.7. The number of carbonyl (C=O) groups excluding carboxylic acids is 2. The molecule has 2 atom stereocenters. The second kappa shape index (κ2) is 10.8. The first-order valence-corrected chi connectivity index (χ1v) is 15.0. The van der Waals surface area contributed by atoms with Gasteiger partial charge in [0.2, 0.25) is 8.32 Å². The molecule has 1 fully saturated rings. The third-order valence-corrected chi connectivity index (χ3v) is 11.3. The maximum atomic E-state index is 12.7. The summed E-state index contributed by atoms with van der Waals surface area (Å²) in [7, 11) is -2.08. The van der Waals surface area contributed by atoms with Crippen molar-refractivity contribution in [3.05, 3.63) is 35.9 Å². The minimum atomic E-state index is -2.08. The van der Waals surface area contributed by atoms with Gasteiger partial charge >= 0.3 is 5.97 Å². The number of ether oxygens (including phenoxy) is 1. The third-order valence-electron chi connectivity index (χ3n) is 6.96. The Balaban J connectivity index is 0.00000114. The van der Waals surface area contributed by atoms with Crippen LogP contribution >= 0.6 is 0 Å². The lowest BCUT2D eigenvalue weighted by molar-refractivity contribution is -0.143. The van der Waals surface area contributed by atoms with Gasteiger partial charge in [-0.2, -0.15) is 0 Å². The van der Waals surface area contributed by atoms with Crippen LogP contribution in [0.5, 0.6) is 11.5 Å². The molecule has 0 radical (unpaired) electrons. The molecule has 1 aliphatic heterocycles. The summed E-state index contributed by atoms with van der Waals surface area (Å²) in [5.74, 6) is 1.17. The molecule has 4 nitrogen and oxygen atoms in total. The normalized spacial score (nSPS) is 20.3. The van der Waals surface area contributed by atoms with Crippen molar-refractivity contribution in [3.63, 3.8) is 0 Å². The van der Waals surface area contributed by atoms with Crippen LogP contribution in [-0.2, 0) is 16.0 Å². The predicted octanol–water partition coefficient (Wildman–Crippen LogP) is 7.37. The lowest BCUT2D eigenvalue weighted by Crippen LogP contribution is -2.44. The van der Waals surface area contributed by atoms with Crippen molar-refractivity contribution < 1.29 is 18.8 Å². The van der Waals surface area contributed by atoms with Crippen molar-refractivity contribution in [1.82, 2.24) is 0 Å². The Labute approximate surface area is 195 Å². The molecule has 32 heavy (non-hydrogen) atoms. The zero-order chi connectivity index (χ0) is 24.1. The van der Waals surface area contributed by atoms with Crippen molar-refractivity contribution in [2.75, 3.05) is 0 Å². The molecule has 0 bridgehead atoms. The zero-order valence-corrected chi connectivity index (χ0v) is 22.2. The van der Waals surface area contributed by atoms with Crippen LogP contribution in [0.2, 0.25) is 18.1 Å². The van der Waals surface area contributed by atoms with Crippen LogP contribution in [0, 0.1) is 5.92 Å². The molecular formula is C27H42O4Si. The van der Waals surface area contributed by atoms with E-state index < -0.39 is 8.32 Å². The van der Waals surface area contributed by atoms with E-state index >= 15 is 0 Å². The van der Waals surface area contributed by atoms with E-state index in [-0.39, 0.29) is 28.6 Å². The molecule has 0 unspecified atom stereocenters. The average Bonchev–Trinajstić information content (AvgIpc) is 2.67. The van der Waals surface area contributed by atoms with Crippen molar-refractivity contribution in [1.29, 1.82) is 0 Å². The average molecular weight is 459 g/mol. The Morgan fingerprint density at radius 2 is 1.84 bits per heavy atom. The predicted molar refractivity (Wildman–Crippen MR) is 134 cm³/mol. The van der Waals surface area contributed by atoms with Crippen molar-refractivity contribution in [3.8, 4) is 11.5 Å². The molecular weight excluding hydrogens is 416 g/mol. The van der Waals surface area contributed by atoms with Gasteiger partial charge in [0, 0.05) is 24.3 Å². The van der Waals surface area contributed by atoms with E-state index in [4.69, 9.17) is 9.16 Å². The van der Waals surface area contributed by atoms with E-state index in [1.807, 2.05) is 13.0 Å². The van der Waals surface area contributed by atoms with Crippen LogP contribution in [-0.4, -0.2) is 20.1 Å². The Morgan fingerprint density at radius 1 is 1.19 bits per heavy atom. The number of ketones is 1. The number of Topliss-reactive ketones (excluding diaryl/α,β-unsaturated/α-hetero) is 1. The molecule has 0 aromatic heterocycles. The number of hydrogen-bond donors (Lipinski definition) is 0. The van der Waals surface area contributed by atoms with Gasteiger partial charge in [0.1, 0.15) is 17.3 Å². The zero-order valence-electron chi connectivity index (χ0n) is 21.2. The summed E-state index contributed by atoms with van der Waals surface area (Å²) in [4.78, 5) is 24.9. The van der Waals surface area contributed by atoms with E-state index in [0.29, 0.717) is 25.0 Å². The van der Waals surface area contributed by atoms with Crippen LogP contribution in [0.15, 0.2) is 24.8 Å². The molecule has 0 saturated heterocycles. The highest BCUT2D eigenvalue weighted by molar-refractivity contribution is 6.74. The number of carbonyl (C=O) groups is 2. The lowest BCUT2D eigenvalue weighted by atomic mass is 9.73. The summed E-state index contributed by atoms with van der Waals surface area (Å²) < 4.78 is 12.6. The van der Waals surface area contributed by atoms with E-state index in [2.05, 4.69) is 53.4 Å². The van der Waals surface area contributed by atoms with Gasteiger partial charge in [-0.05, 0) is 62.0 Å². The SMILES string of the molecule is C=CC.CCCCCc1cc2c(c(O[Si](C)(C)C(C)(C)C)c1)[C@H]1CC(=O)CC[C@H]1C(=O)O2. The Morgan fingerprint density at radius 3 is 2.44 bits per heavy atom. The van der Waals surface area contributed by atoms with Crippen molar-refractivity contribution in [2.45, 2.75) is 104 Å². The molecule has 1 saturated carbocycles. The minimum Gasteiger partial charge on any atom is -0.543 e. The quantitative estimate of drug-likeness (QED) is 0.147. The highest BCUT2D eigenvalue weighted by atomic mass is 28.4. The lowest BCUT2D eigenvalue weighted by Gasteiger charge is -2.40. The first kappa shape index (κ1) is 26.4. The van der Waals surface area contributed by atoms with Gasteiger partial charge in [-0.1, -0.05) is 46.6 Å². The molecule has 178 valence electrons. The van der Waals surface area contributed by atoms with Gasteiger partial charge in [0.05, 0.1) is 5.92 Å². The summed E-state index contributed by atoms with van der Waals surface area (Å²) in [6.45, 7) is 18.6. The number of benzene rings is 1. The molecule has 0 N–H and O–H groups in total. The fraction of sp³-hybridized carbons (Fsp3) is 0.630. The molecule has 0 spiro atoms. The van der Waals surface area contributed by atoms with Crippen LogP contribution in [0.4, 0.5) is 0 Å². The highest BCUT2D eigenvalue weighted by Gasteiger charge is 2.45. The number of hydrogen-bond acceptors (Lipinski definition) is 4. The molecule has 1 heterocycles. The van der Waals surface area contributed by atoms with Crippen molar-refractivity contribution >= 4 is 20.1 Å². The first-order valence-electron chi connectivity index (χ1n) is 12.1. The van der Waals surface area contributed by atoms with Crippen LogP contribution in [0.3, 0.4) is 0 Å². The third kappa shape index (κ3) is 6.12. The molecule has 5 heteroatoms. The van der Waals surface area contributed by atoms with E-state index in [1.54, 1.807) is 6.08 Å². The number of unbranched alkanes of at least 4 members (excludes halogenated alkanes) is 2. The summed E-state index contributed by atoms with van der Waals surface area (Å²) in [6, 6.07) is 4.17. The topological polar surface area (TPSA) is 52.6 Å². The number of allylic oxidation sites excluding steroid dienone is 1. The molecule has 1 aliphatic carbocycles.